The van der Waals surface area contributed by atoms with Crippen LogP contribution in [0.3, 0.4) is 0 Å². The van der Waals surface area contributed by atoms with Gasteiger partial charge in [-0.1, -0.05) is 51.4 Å². The van der Waals surface area contributed by atoms with Crippen LogP contribution in [0, 0.1) is 5.92 Å². The fourth-order valence-corrected chi connectivity index (χ4v) is 5.70. The van der Waals surface area contributed by atoms with E-state index in [1.54, 1.807) is 37.4 Å². The van der Waals surface area contributed by atoms with E-state index in [-0.39, 0.29) is 23.9 Å². The summed E-state index contributed by atoms with van der Waals surface area (Å²) in [4.78, 5) is 19.2. The summed E-state index contributed by atoms with van der Waals surface area (Å²) in [5.74, 6) is 0.209. The number of rotatable bonds is 6. The molecule has 0 spiro atoms. The summed E-state index contributed by atoms with van der Waals surface area (Å²) in [5.41, 5.74) is 0.803. The van der Waals surface area contributed by atoms with Gasteiger partial charge in [0.1, 0.15) is 0 Å². The van der Waals surface area contributed by atoms with E-state index in [0.29, 0.717) is 31.1 Å². The highest BCUT2D eigenvalue weighted by Crippen LogP contribution is 2.25. The van der Waals surface area contributed by atoms with Crippen molar-refractivity contribution in [1.29, 1.82) is 0 Å². The van der Waals surface area contributed by atoms with Gasteiger partial charge in [-0.05, 0) is 37.1 Å². The Labute approximate surface area is 195 Å². The molecule has 0 N–H and O–H groups in total. The summed E-state index contributed by atoms with van der Waals surface area (Å²) in [7, 11) is -1.96. The first-order chi connectivity index (χ1) is 15.3. The number of carbonyl (C=O) groups excluding carboxylic acids is 1. The molecule has 10 heteroatoms. The summed E-state index contributed by atoms with van der Waals surface area (Å²) in [6.07, 6.45) is 1.26. The molecule has 0 saturated carbocycles. The van der Waals surface area contributed by atoms with Crippen molar-refractivity contribution in [1.82, 2.24) is 19.3 Å². The van der Waals surface area contributed by atoms with Gasteiger partial charge in [-0.15, -0.1) is 0 Å². The normalized spacial score (nSPS) is 17.2. The second-order valence-corrected chi connectivity index (χ2v) is 10.6. The van der Waals surface area contributed by atoms with Crippen LogP contribution in [0.25, 0.3) is 11.4 Å². The third kappa shape index (κ3) is 4.92. The molecule has 1 fully saturated rings. The number of aromatic nitrogens is 2. The number of hydrogen-bond donors (Lipinski definition) is 0. The van der Waals surface area contributed by atoms with Crippen LogP contribution in [0.2, 0.25) is 0 Å². The van der Waals surface area contributed by atoms with Gasteiger partial charge in [0.15, 0.2) is 0 Å². The molecule has 1 amide bonds. The lowest BCUT2D eigenvalue weighted by Crippen LogP contribution is -2.45. The van der Waals surface area contributed by atoms with Crippen molar-refractivity contribution >= 4 is 31.9 Å². The molecular weight excluding hydrogens is 496 g/mol. The van der Waals surface area contributed by atoms with Crippen LogP contribution in [0.5, 0.6) is 0 Å². The van der Waals surface area contributed by atoms with Crippen LogP contribution in [0.15, 0.2) is 68.5 Å². The van der Waals surface area contributed by atoms with Crippen LogP contribution in [0.1, 0.15) is 18.7 Å². The van der Waals surface area contributed by atoms with Crippen molar-refractivity contribution in [3.05, 3.63) is 65.0 Å². The highest BCUT2D eigenvalue weighted by Gasteiger charge is 2.34. The molecule has 3 aromatic rings. The second-order valence-electron chi connectivity index (χ2n) is 7.73. The Morgan fingerprint density at radius 2 is 2.00 bits per heavy atom. The molecule has 1 saturated heterocycles. The maximum absolute atomic E-state index is 13.0. The zero-order chi connectivity index (χ0) is 22.7. The van der Waals surface area contributed by atoms with Crippen molar-refractivity contribution in [2.45, 2.75) is 24.3 Å². The van der Waals surface area contributed by atoms with Crippen molar-refractivity contribution in [3.63, 3.8) is 0 Å². The van der Waals surface area contributed by atoms with E-state index in [1.165, 1.54) is 9.21 Å². The lowest BCUT2D eigenvalue weighted by molar-refractivity contribution is -0.136. The quantitative estimate of drug-likeness (QED) is 0.494. The molecule has 1 aliphatic rings. The number of carbonyl (C=O) groups is 1. The first kappa shape index (κ1) is 22.6. The molecule has 1 atom stereocenters. The molecule has 2 aromatic carbocycles. The Bertz CT molecular complexity index is 1200. The van der Waals surface area contributed by atoms with E-state index in [2.05, 4.69) is 26.1 Å². The van der Waals surface area contributed by atoms with Gasteiger partial charge in [0, 0.05) is 30.2 Å². The average Bonchev–Trinajstić information content (AvgIpc) is 3.28. The number of benzene rings is 2. The van der Waals surface area contributed by atoms with Crippen LogP contribution < -0.4 is 0 Å². The van der Waals surface area contributed by atoms with E-state index < -0.39 is 15.9 Å². The fourth-order valence-electron chi connectivity index (χ4n) is 3.76. The molecule has 4 rings (SSSR count). The number of hydrogen-bond acceptors (Lipinski definition) is 6. The molecule has 8 nitrogen and oxygen atoms in total. The molecule has 0 unspecified atom stereocenters. The maximum atomic E-state index is 13.0. The number of halogens is 1. The van der Waals surface area contributed by atoms with Gasteiger partial charge in [0.05, 0.1) is 17.4 Å². The highest BCUT2D eigenvalue weighted by molar-refractivity contribution is 9.10. The molecule has 0 aliphatic carbocycles. The molecule has 0 bridgehead atoms. The third-order valence-corrected chi connectivity index (χ3v) is 7.79. The molecule has 168 valence electrons. The molecule has 2 heterocycles. The monoisotopic (exact) mass is 518 g/mol. The van der Waals surface area contributed by atoms with Gasteiger partial charge in [-0.3, -0.25) is 4.79 Å². The predicted octanol–water partition coefficient (Wildman–Crippen LogP) is 3.56. The van der Waals surface area contributed by atoms with Crippen LogP contribution in [0.4, 0.5) is 0 Å². The zero-order valence-corrected chi connectivity index (χ0v) is 19.9. The molecule has 0 radical (unpaired) electrons. The van der Waals surface area contributed by atoms with Gasteiger partial charge in [-0.25, -0.2) is 8.42 Å². The zero-order valence-electron chi connectivity index (χ0n) is 17.5. The Morgan fingerprint density at radius 3 is 2.75 bits per heavy atom. The molecule has 1 aliphatic heterocycles. The SMILES string of the molecule is CN(Cc1nc(-c2cccc(Br)c2)no1)C(=O)[C@@H]1CCCN(S(=O)(=O)c2ccccc2)C1. The predicted molar refractivity (Wildman–Crippen MR) is 122 cm³/mol. The second kappa shape index (κ2) is 9.51. The molecule has 32 heavy (non-hydrogen) atoms. The standard InChI is InChI=1S/C22H23BrN4O4S/c1-26(15-20-24-21(25-31-20)16-7-5-9-18(23)13-16)22(28)17-8-6-12-27(14-17)32(29,30)19-10-3-2-4-11-19/h2-5,7,9-11,13,17H,6,8,12,14-15H2,1H3/t17-/m1/s1. The van der Waals surface area contributed by atoms with Crippen molar-refractivity contribution in [2.24, 2.45) is 5.92 Å². The first-order valence-electron chi connectivity index (χ1n) is 10.2. The van der Waals surface area contributed by atoms with E-state index in [4.69, 9.17) is 4.52 Å². The van der Waals surface area contributed by atoms with E-state index in [9.17, 15) is 13.2 Å². The molecule has 1 aromatic heterocycles. The summed E-state index contributed by atoms with van der Waals surface area (Å²) < 4.78 is 33.5. The number of amides is 1. The first-order valence-corrected chi connectivity index (χ1v) is 12.5. The minimum Gasteiger partial charge on any atom is -0.337 e. The van der Waals surface area contributed by atoms with Crippen molar-refractivity contribution < 1.29 is 17.7 Å². The lowest BCUT2D eigenvalue weighted by atomic mass is 9.98. The minimum absolute atomic E-state index is 0.139. The summed E-state index contributed by atoms with van der Waals surface area (Å²) in [6.45, 7) is 0.722. The van der Waals surface area contributed by atoms with E-state index in [0.717, 1.165) is 10.0 Å². The molecular formula is C22H23BrN4O4S. The smallest absolute Gasteiger partial charge is 0.246 e. The van der Waals surface area contributed by atoms with Crippen LogP contribution >= 0.6 is 15.9 Å². The van der Waals surface area contributed by atoms with Crippen LogP contribution in [-0.4, -0.2) is 53.8 Å². The van der Waals surface area contributed by atoms with Gasteiger partial charge in [0.25, 0.3) is 0 Å². The maximum Gasteiger partial charge on any atom is 0.246 e. The average molecular weight is 519 g/mol. The Balaban J connectivity index is 1.42. The summed E-state index contributed by atoms with van der Waals surface area (Å²) in [6, 6.07) is 15.9. The number of sulfonamides is 1. The summed E-state index contributed by atoms with van der Waals surface area (Å²) in [5, 5.41) is 4.00. The van der Waals surface area contributed by atoms with Crippen molar-refractivity contribution in [2.75, 3.05) is 20.1 Å². The van der Waals surface area contributed by atoms with E-state index in [1.807, 2.05) is 24.3 Å². The Kier molecular flexibility index (Phi) is 6.73. The number of nitrogens with zero attached hydrogens (tertiary/aromatic N) is 4. The van der Waals surface area contributed by atoms with Gasteiger partial charge in [0.2, 0.25) is 27.6 Å². The highest BCUT2D eigenvalue weighted by atomic mass is 79.9. The Morgan fingerprint density at radius 1 is 1.22 bits per heavy atom. The largest absolute Gasteiger partial charge is 0.337 e. The van der Waals surface area contributed by atoms with Gasteiger partial charge >= 0.3 is 0 Å². The summed E-state index contributed by atoms with van der Waals surface area (Å²) >= 11 is 3.42. The topological polar surface area (TPSA) is 96.6 Å². The van der Waals surface area contributed by atoms with Gasteiger partial charge in [-0.2, -0.15) is 9.29 Å². The third-order valence-electron chi connectivity index (χ3n) is 5.41. The van der Waals surface area contributed by atoms with E-state index >= 15 is 0 Å². The minimum atomic E-state index is -3.63. The number of piperidine rings is 1. The van der Waals surface area contributed by atoms with Gasteiger partial charge < -0.3 is 9.42 Å². The van der Waals surface area contributed by atoms with Crippen molar-refractivity contribution in [3.8, 4) is 11.4 Å². The van der Waals surface area contributed by atoms with Crippen LogP contribution in [-0.2, 0) is 21.4 Å². The lowest BCUT2D eigenvalue weighted by Gasteiger charge is -2.33. The Hall–Kier alpha value is -2.56. The fraction of sp³-hybridized carbons (Fsp3) is 0.318.